The fourth-order valence-corrected chi connectivity index (χ4v) is 2.48. The van der Waals surface area contributed by atoms with E-state index in [1.54, 1.807) is 24.3 Å². The summed E-state index contributed by atoms with van der Waals surface area (Å²) in [5.41, 5.74) is 2.62. The lowest BCUT2D eigenvalue weighted by Gasteiger charge is -2.10. The standard InChI is InChI=1S/C10H11N5O2S/c11-14-8-4-1-2-5-9(8)18(16,17)15-10-12-6-3-7-13-10/h1-7,14H,11H2,(H,12,13,15). The van der Waals surface area contributed by atoms with Crippen molar-refractivity contribution in [2.24, 2.45) is 5.84 Å². The SMILES string of the molecule is NNc1ccccc1S(=O)(=O)Nc1ncccn1. The van der Waals surface area contributed by atoms with Crippen molar-refractivity contribution in [3.63, 3.8) is 0 Å². The smallest absolute Gasteiger partial charge is 0.266 e. The molecule has 0 radical (unpaired) electrons. The quantitative estimate of drug-likeness (QED) is 0.550. The van der Waals surface area contributed by atoms with Crippen molar-refractivity contribution in [2.75, 3.05) is 10.1 Å². The number of aromatic nitrogens is 2. The zero-order chi connectivity index (χ0) is 13.0. The van der Waals surface area contributed by atoms with Gasteiger partial charge in [-0.15, -0.1) is 0 Å². The zero-order valence-electron chi connectivity index (χ0n) is 9.24. The summed E-state index contributed by atoms with van der Waals surface area (Å²) in [7, 11) is -3.77. The molecule has 0 aliphatic heterocycles. The van der Waals surface area contributed by atoms with Gasteiger partial charge in [-0.3, -0.25) is 5.84 Å². The second kappa shape index (κ2) is 4.98. The first-order valence-electron chi connectivity index (χ1n) is 4.99. The largest absolute Gasteiger partial charge is 0.323 e. The average Bonchev–Trinajstić information content (AvgIpc) is 2.39. The molecule has 2 aromatic rings. The second-order valence-corrected chi connectivity index (χ2v) is 4.97. The summed E-state index contributed by atoms with van der Waals surface area (Å²) in [6.45, 7) is 0. The lowest BCUT2D eigenvalue weighted by atomic mass is 10.3. The van der Waals surface area contributed by atoms with E-state index in [4.69, 9.17) is 5.84 Å². The third-order valence-electron chi connectivity index (χ3n) is 2.12. The first-order chi connectivity index (χ1) is 8.63. The third kappa shape index (κ3) is 2.55. The first-order valence-corrected chi connectivity index (χ1v) is 6.47. The Balaban J connectivity index is 2.37. The lowest BCUT2D eigenvalue weighted by molar-refractivity contribution is 0.601. The molecule has 4 N–H and O–H groups in total. The number of nitrogen functional groups attached to an aromatic ring is 1. The van der Waals surface area contributed by atoms with Crippen molar-refractivity contribution in [1.29, 1.82) is 0 Å². The van der Waals surface area contributed by atoms with Crippen LogP contribution in [0.3, 0.4) is 0 Å². The van der Waals surface area contributed by atoms with Gasteiger partial charge >= 0.3 is 0 Å². The van der Waals surface area contributed by atoms with Gasteiger partial charge in [0.1, 0.15) is 4.90 Å². The molecular formula is C10H11N5O2S. The molecule has 1 heterocycles. The number of para-hydroxylation sites is 1. The number of anilines is 2. The summed E-state index contributed by atoms with van der Waals surface area (Å²) < 4.78 is 26.5. The van der Waals surface area contributed by atoms with Crippen LogP contribution in [-0.4, -0.2) is 18.4 Å². The Morgan fingerprint density at radius 3 is 2.39 bits per heavy atom. The van der Waals surface area contributed by atoms with Crippen LogP contribution in [0.5, 0.6) is 0 Å². The molecule has 0 unspecified atom stereocenters. The average molecular weight is 265 g/mol. The van der Waals surface area contributed by atoms with E-state index >= 15 is 0 Å². The summed E-state index contributed by atoms with van der Waals surface area (Å²) in [5, 5.41) is 0. The number of nitrogens with one attached hydrogen (secondary N) is 2. The maximum absolute atomic E-state index is 12.1. The van der Waals surface area contributed by atoms with Gasteiger partial charge < -0.3 is 5.43 Å². The van der Waals surface area contributed by atoms with E-state index in [1.807, 2.05) is 0 Å². The lowest BCUT2D eigenvalue weighted by Crippen LogP contribution is -2.18. The zero-order valence-corrected chi connectivity index (χ0v) is 10.1. The van der Waals surface area contributed by atoms with Crippen LogP contribution in [0.2, 0.25) is 0 Å². The highest BCUT2D eigenvalue weighted by Gasteiger charge is 2.18. The molecule has 1 aromatic carbocycles. The van der Waals surface area contributed by atoms with Gasteiger partial charge in [-0.25, -0.2) is 23.1 Å². The Kier molecular flexibility index (Phi) is 3.40. The third-order valence-corrected chi connectivity index (χ3v) is 3.51. The van der Waals surface area contributed by atoms with E-state index in [9.17, 15) is 8.42 Å². The number of sulfonamides is 1. The second-order valence-electron chi connectivity index (χ2n) is 3.32. The Bertz CT molecular complexity index is 630. The molecule has 1 aromatic heterocycles. The van der Waals surface area contributed by atoms with Crippen LogP contribution in [-0.2, 0) is 10.0 Å². The molecule has 0 fully saturated rings. The highest BCUT2D eigenvalue weighted by Crippen LogP contribution is 2.21. The highest BCUT2D eigenvalue weighted by atomic mass is 32.2. The van der Waals surface area contributed by atoms with Crippen molar-refractivity contribution in [2.45, 2.75) is 4.90 Å². The molecule has 7 nitrogen and oxygen atoms in total. The Hall–Kier alpha value is -2.19. The monoisotopic (exact) mass is 265 g/mol. The van der Waals surface area contributed by atoms with Gasteiger partial charge in [0.05, 0.1) is 5.69 Å². The van der Waals surface area contributed by atoms with Crippen molar-refractivity contribution in [3.8, 4) is 0 Å². The van der Waals surface area contributed by atoms with Gasteiger partial charge in [0.15, 0.2) is 0 Å². The van der Waals surface area contributed by atoms with Crippen molar-refractivity contribution >= 4 is 21.7 Å². The van der Waals surface area contributed by atoms with Crippen molar-refractivity contribution < 1.29 is 8.42 Å². The molecule has 0 aliphatic carbocycles. The van der Waals surface area contributed by atoms with Crippen LogP contribution in [0.1, 0.15) is 0 Å². The highest BCUT2D eigenvalue weighted by molar-refractivity contribution is 7.92. The molecular weight excluding hydrogens is 254 g/mol. The number of rotatable bonds is 4. The molecule has 0 bridgehead atoms. The number of nitrogens with zero attached hydrogens (tertiary/aromatic N) is 2. The summed E-state index contributed by atoms with van der Waals surface area (Å²) >= 11 is 0. The van der Waals surface area contributed by atoms with Gasteiger partial charge in [-0.1, -0.05) is 12.1 Å². The minimum Gasteiger partial charge on any atom is -0.323 e. The number of hydrazine groups is 1. The maximum Gasteiger partial charge on any atom is 0.266 e. The molecule has 0 saturated carbocycles. The van der Waals surface area contributed by atoms with E-state index in [0.29, 0.717) is 5.69 Å². The minimum absolute atomic E-state index is 0.00400. The molecule has 0 atom stereocenters. The van der Waals surface area contributed by atoms with Gasteiger partial charge in [0.25, 0.3) is 10.0 Å². The first kappa shape index (κ1) is 12.3. The fraction of sp³-hybridized carbons (Fsp3) is 0. The summed E-state index contributed by atoms with van der Waals surface area (Å²) in [4.78, 5) is 7.61. The van der Waals surface area contributed by atoms with Crippen LogP contribution in [0, 0.1) is 0 Å². The summed E-state index contributed by atoms with van der Waals surface area (Å²) in [6.07, 6.45) is 2.88. The minimum atomic E-state index is -3.77. The van der Waals surface area contributed by atoms with E-state index < -0.39 is 10.0 Å². The van der Waals surface area contributed by atoms with Crippen LogP contribution in [0.15, 0.2) is 47.6 Å². The van der Waals surface area contributed by atoms with E-state index in [2.05, 4.69) is 20.1 Å². The molecule has 94 valence electrons. The van der Waals surface area contributed by atoms with Gasteiger partial charge in [-0.05, 0) is 18.2 Å². The van der Waals surface area contributed by atoms with E-state index in [-0.39, 0.29) is 10.8 Å². The Morgan fingerprint density at radius 1 is 1.06 bits per heavy atom. The topological polar surface area (TPSA) is 110 Å². The van der Waals surface area contributed by atoms with Crippen LogP contribution < -0.4 is 16.0 Å². The van der Waals surface area contributed by atoms with Gasteiger partial charge in [-0.2, -0.15) is 0 Å². The Labute approximate surface area is 104 Å². The fourth-order valence-electron chi connectivity index (χ4n) is 1.35. The molecule has 2 rings (SSSR count). The molecule has 8 heteroatoms. The van der Waals surface area contributed by atoms with Crippen molar-refractivity contribution in [1.82, 2.24) is 9.97 Å². The van der Waals surface area contributed by atoms with Gasteiger partial charge in [0.2, 0.25) is 5.95 Å². The Morgan fingerprint density at radius 2 is 1.72 bits per heavy atom. The summed E-state index contributed by atoms with van der Waals surface area (Å²) in [5.74, 6) is 5.27. The number of benzene rings is 1. The number of hydrogen-bond acceptors (Lipinski definition) is 6. The van der Waals surface area contributed by atoms with Gasteiger partial charge in [0, 0.05) is 12.4 Å². The van der Waals surface area contributed by atoms with Crippen LogP contribution in [0.4, 0.5) is 11.6 Å². The summed E-state index contributed by atoms with van der Waals surface area (Å²) in [6, 6.07) is 7.85. The van der Waals surface area contributed by atoms with Crippen LogP contribution >= 0.6 is 0 Å². The molecule has 0 amide bonds. The molecule has 0 aliphatic rings. The normalized spacial score (nSPS) is 10.9. The predicted molar refractivity (Wildman–Crippen MR) is 67.1 cm³/mol. The maximum atomic E-state index is 12.1. The van der Waals surface area contributed by atoms with E-state index in [0.717, 1.165) is 0 Å². The predicted octanol–water partition coefficient (Wildman–Crippen LogP) is 0.563. The van der Waals surface area contributed by atoms with Crippen molar-refractivity contribution in [3.05, 3.63) is 42.7 Å². The van der Waals surface area contributed by atoms with Crippen LogP contribution in [0.25, 0.3) is 0 Å². The number of nitrogens with two attached hydrogens (primary N) is 1. The molecule has 18 heavy (non-hydrogen) atoms. The van der Waals surface area contributed by atoms with E-state index in [1.165, 1.54) is 18.5 Å². The molecule has 0 spiro atoms. The number of hydrogen-bond donors (Lipinski definition) is 3. The molecule has 0 saturated heterocycles.